The van der Waals surface area contributed by atoms with Gasteiger partial charge in [0.05, 0.1) is 0 Å². The van der Waals surface area contributed by atoms with Crippen molar-refractivity contribution < 1.29 is 0 Å². The minimum atomic E-state index is 1.18. The van der Waals surface area contributed by atoms with Crippen LogP contribution in [0, 0.1) is 10.4 Å². The number of hydrogen-bond acceptors (Lipinski definition) is 0. The van der Waals surface area contributed by atoms with Gasteiger partial charge >= 0.3 is 0 Å². The van der Waals surface area contributed by atoms with Crippen molar-refractivity contribution in [2.45, 2.75) is 0 Å². The molecule has 1 nitrogen and oxygen atoms in total. The summed E-state index contributed by atoms with van der Waals surface area (Å²) in [6, 6.07) is 16.7. The average Bonchev–Trinajstić information content (AvgIpc) is 2.48. The maximum Gasteiger partial charge on any atom is 0.0346 e. The molecule has 0 fully saturated rings. The Labute approximate surface area is 87.7 Å². The van der Waals surface area contributed by atoms with Crippen molar-refractivity contribution in [2.75, 3.05) is 0 Å². The number of benzene rings is 2. The largest absolute Gasteiger partial charge is 0.263 e. The van der Waals surface area contributed by atoms with Gasteiger partial charge in [0.25, 0.3) is 0 Å². The van der Waals surface area contributed by atoms with Crippen LogP contribution >= 0.6 is 0 Å². The second kappa shape index (κ2) is 3.28. The molecule has 1 radical (unpaired) electrons. The fraction of sp³-hybridized carbons (Fsp3) is 0. The van der Waals surface area contributed by atoms with Crippen molar-refractivity contribution in [1.29, 1.82) is 0 Å². The first-order valence-electron chi connectivity index (χ1n) is 5.00. The molecule has 0 N–H and O–H groups in total. The summed E-state index contributed by atoms with van der Waals surface area (Å²) in [5.74, 6) is 0. The van der Waals surface area contributed by atoms with Crippen LogP contribution in [-0.2, 0) is 0 Å². The first-order valence-corrected chi connectivity index (χ1v) is 5.00. The summed E-state index contributed by atoms with van der Waals surface area (Å²) < 4.78 is 0. The molecule has 2 aromatic rings. The Bertz CT molecular complexity index is 637. The minimum Gasteiger partial charge on any atom is -0.263 e. The predicted molar refractivity (Wildman–Crippen MR) is 60.9 cm³/mol. The lowest BCUT2D eigenvalue weighted by atomic mass is 10.1. The lowest BCUT2D eigenvalue weighted by Gasteiger charge is -1.89. The zero-order valence-corrected chi connectivity index (χ0v) is 8.22. The normalized spacial score (nSPS) is 12.3. The first-order chi connectivity index (χ1) is 7.45. The monoisotopic (exact) mass is 192 g/mol. The summed E-state index contributed by atoms with van der Waals surface area (Å²) in [7, 11) is 0. The zero-order chi connectivity index (χ0) is 10.1. The van der Waals surface area contributed by atoms with Crippen molar-refractivity contribution in [3.05, 3.63) is 69.4 Å². The molecule has 0 bridgehead atoms. The van der Waals surface area contributed by atoms with Crippen molar-refractivity contribution >= 4 is 12.4 Å². The van der Waals surface area contributed by atoms with E-state index in [4.69, 9.17) is 0 Å². The van der Waals surface area contributed by atoms with Crippen molar-refractivity contribution in [1.82, 2.24) is 5.32 Å². The maximum absolute atomic E-state index is 4.30. The van der Waals surface area contributed by atoms with Crippen LogP contribution in [0.2, 0.25) is 0 Å². The number of fused-ring (bicyclic) bond motifs is 2. The van der Waals surface area contributed by atoms with E-state index in [2.05, 4.69) is 41.7 Å². The standard InChI is InChI=1S/C14H10N/c1-3-7-13-11(5-1)9-15-10-12-6-2-4-8-14(12)13/h1-10H. The molecule has 2 aromatic carbocycles. The van der Waals surface area contributed by atoms with Gasteiger partial charge in [0.2, 0.25) is 0 Å². The Morgan fingerprint density at radius 2 is 1.07 bits per heavy atom. The molecule has 1 heterocycles. The van der Waals surface area contributed by atoms with Crippen molar-refractivity contribution in [3.8, 4) is 0 Å². The van der Waals surface area contributed by atoms with Gasteiger partial charge in [-0.05, 0) is 10.4 Å². The van der Waals surface area contributed by atoms with E-state index in [-0.39, 0.29) is 0 Å². The van der Waals surface area contributed by atoms with Crippen molar-refractivity contribution in [2.24, 2.45) is 0 Å². The van der Waals surface area contributed by atoms with Crippen LogP contribution in [0.3, 0.4) is 0 Å². The molecule has 0 unspecified atom stereocenters. The van der Waals surface area contributed by atoms with Crippen LogP contribution in [0.5, 0.6) is 0 Å². The molecule has 1 aliphatic heterocycles. The van der Waals surface area contributed by atoms with Gasteiger partial charge in [-0.15, -0.1) is 0 Å². The van der Waals surface area contributed by atoms with Gasteiger partial charge in [-0.3, -0.25) is 5.32 Å². The smallest absolute Gasteiger partial charge is 0.0346 e. The van der Waals surface area contributed by atoms with Crippen LogP contribution < -0.4 is 15.8 Å². The fourth-order valence-corrected chi connectivity index (χ4v) is 1.91. The lowest BCUT2D eigenvalue weighted by molar-refractivity contribution is 1.33. The zero-order valence-electron chi connectivity index (χ0n) is 8.22. The molecule has 1 heteroatoms. The quantitative estimate of drug-likeness (QED) is 0.593. The van der Waals surface area contributed by atoms with E-state index < -0.39 is 0 Å². The van der Waals surface area contributed by atoms with E-state index in [0.717, 1.165) is 0 Å². The molecule has 0 aliphatic carbocycles. The first kappa shape index (κ1) is 8.30. The van der Waals surface area contributed by atoms with Crippen LogP contribution in [0.1, 0.15) is 0 Å². The van der Waals surface area contributed by atoms with E-state index in [1.54, 1.807) is 0 Å². The van der Waals surface area contributed by atoms with Crippen LogP contribution in [0.15, 0.2) is 48.5 Å². The van der Waals surface area contributed by atoms with Gasteiger partial charge < -0.3 is 0 Å². The van der Waals surface area contributed by atoms with Gasteiger partial charge in [-0.25, -0.2) is 0 Å². The molecular formula is C14H10N. The van der Waals surface area contributed by atoms with E-state index >= 15 is 0 Å². The van der Waals surface area contributed by atoms with E-state index in [1.807, 2.05) is 24.5 Å². The third-order valence-corrected chi connectivity index (χ3v) is 2.64. The molecule has 0 atom stereocenters. The van der Waals surface area contributed by atoms with Crippen LogP contribution in [0.25, 0.3) is 12.4 Å². The molecular weight excluding hydrogens is 182 g/mol. The number of nitrogens with zero attached hydrogens (tertiary/aromatic N) is 1. The van der Waals surface area contributed by atoms with Gasteiger partial charge in [-0.1, -0.05) is 48.5 Å². The summed E-state index contributed by atoms with van der Waals surface area (Å²) in [6.07, 6.45) is 3.82. The predicted octanol–water partition coefficient (Wildman–Crippen LogP) is 1.07. The second-order valence-corrected chi connectivity index (χ2v) is 3.58. The number of rotatable bonds is 0. The molecule has 0 amide bonds. The average molecular weight is 192 g/mol. The summed E-state index contributed by atoms with van der Waals surface area (Å²) in [4.78, 5) is 0. The Kier molecular flexibility index (Phi) is 1.82. The van der Waals surface area contributed by atoms with Gasteiger partial charge in [0.15, 0.2) is 0 Å². The Balaban J connectivity index is 2.73. The highest BCUT2D eigenvalue weighted by Gasteiger charge is 1.92. The van der Waals surface area contributed by atoms with Gasteiger partial charge in [0.1, 0.15) is 0 Å². The summed E-state index contributed by atoms with van der Waals surface area (Å²) in [6.45, 7) is 0. The van der Waals surface area contributed by atoms with E-state index in [1.165, 1.54) is 20.9 Å². The summed E-state index contributed by atoms with van der Waals surface area (Å²) in [5.41, 5.74) is 0. The van der Waals surface area contributed by atoms with Crippen LogP contribution in [-0.4, -0.2) is 0 Å². The molecule has 0 aromatic heterocycles. The third kappa shape index (κ3) is 1.33. The Morgan fingerprint density at radius 1 is 0.600 bits per heavy atom. The SMILES string of the molecule is C1=c2ccccc2=c2ccccc2=C[N]1. The molecule has 0 saturated heterocycles. The van der Waals surface area contributed by atoms with E-state index in [9.17, 15) is 0 Å². The topological polar surface area (TPSA) is 14.1 Å². The lowest BCUT2D eigenvalue weighted by Crippen LogP contribution is -2.05. The van der Waals surface area contributed by atoms with Crippen molar-refractivity contribution in [3.63, 3.8) is 0 Å². The molecule has 0 spiro atoms. The number of hydrogen-bond donors (Lipinski definition) is 0. The molecule has 1 aliphatic rings. The minimum absolute atomic E-state index is 1.18. The van der Waals surface area contributed by atoms with E-state index in [0.29, 0.717) is 0 Å². The molecule has 3 rings (SSSR count). The highest BCUT2D eigenvalue weighted by atomic mass is 14.8. The summed E-state index contributed by atoms with van der Waals surface area (Å²) >= 11 is 0. The Morgan fingerprint density at radius 3 is 1.60 bits per heavy atom. The third-order valence-electron chi connectivity index (χ3n) is 2.64. The maximum atomic E-state index is 4.30. The summed E-state index contributed by atoms with van der Waals surface area (Å²) in [5, 5.41) is 9.17. The van der Waals surface area contributed by atoms with Crippen LogP contribution in [0.4, 0.5) is 0 Å². The highest BCUT2D eigenvalue weighted by molar-refractivity contribution is 5.38. The van der Waals surface area contributed by atoms with Gasteiger partial charge in [0, 0.05) is 22.8 Å². The molecule has 15 heavy (non-hydrogen) atoms. The second-order valence-electron chi connectivity index (χ2n) is 3.58. The van der Waals surface area contributed by atoms with Gasteiger partial charge in [-0.2, -0.15) is 0 Å². The molecule has 0 saturated carbocycles. The molecule has 71 valence electrons. The highest BCUT2D eigenvalue weighted by Crippen LogP contribution is 1.91. The Hall–Kier alpha value is -2.02. The fourth-order valence-electron chi connectivity index (χ4n) is 1.91.